The quantitative estimate of drug-likeness (QED) is 0.745. The summed E-state index contributed by atoms with van der Waals surface area (Å²) < 4.78 is 6.60. The van der Waals surface area contributed by atoms with Crippen LogP contribution in [0.5, 0.6) is 0 Å². The van der Waals surface area contributed by atoms with Crippen LogP contribution in [-0.4, -0.2) is 66.1 Å². The molecule has 2 aliphatic rings. The molecular formula is C15H21N4O4+. The average molecular weight is 321 g/mol. The zero-order valence-electron chi connectivity index (χ0n) is 13.9. The predicted octanol–water partition coefficient (Wildman–Crippen LogP) is 0.135. The number of allylic oxidation sites excluding steroid dienone is 1. The fourth-order valence-corrected chi connectivity index (χ4v) is 2.61. The molecule has 0 bridgehead atoms. The van der Waals surface area contributed by atoms with E-state index >= 15 is 0 Å². The number of nitrogens with one attached hydrogen (secondary N) is 1. The summed E-state index contributed by atoms with van der Waals surface area (Å²) in [6, 6.07) is -0.652. The summed E-state index contributed by atoms with van der Waals surface area (Å²) >= 11 is 0. The first-order chi connectivity index (χ1) is 10.8. The molecule has 1 N–H and O–H groups in total. The first-order valence-electron chi connectivity index (χ1n) is 7.32. The lowest BCUT2D eigenvalue weighted by molar-refractivity contribution is -0.408. The van der Waals surface area contributed by atoms with Crippen molar-refractivity contribution in [1.82, 2.24) is 10.2 Å². The van der Waals surface area contributed by atoms with Crippen molar-refractivity contribution in [1.29, 1.82) is 0 Å². The summed E-state index contributed by atoms with van der Waals surface area (Å²) in [5, 5.41) is 2.67. The van der Waals surface area contributed by atoms with Crippen LogP contribution in [0.3, 0.4) is 0 Å². The van der Waals surface area contributed by atoms with Gasteiger partial charge in [0.15, 0.2) is 12.5 Å². The van der Waals surface area contributed by atoms with Gasteiger partial charge in [-0.3, -0.25) is 9.59 Å². The molecule has 2 heterocycles. The Bertz CT molecular complexity index is 660. The first-order valence-corrected chi connectivity index (χ1v) is 7.32. The largest absolute Gasteiger partial charge is 0.499 e. The minimum atomic E-state index is -0.806. The number of methoxy groups -OCH3 is 1. The fourth-order valence-electron chi connectivity index (χ4n) is 2.61. The van der Waals surface area contributed by atoms with E-state index in [1.165, 1.54) is 18.7 Å². The van der Waals surface area contributed by atoms with Crippen molar-refractivity contribution in [2.75, 3.05) is 20.7 Å². The number of aliphatic imine (C=N–C) groups is 1. The number of ether oxygens (including phenoxy) is 1. The number of rotatable bonds is 4. The third-order valence-electron chi connectivity index (χ3n) is 3.65. The molecule has 4 amide bonds. The van der Waals surface area contributed by atoms with E-state index in [2.05, 4.69) is 10.3 Å². The molecule has 8 nitrogen and oxygen atoms in total. The van der Waals surface area contributed by atoms with Gasteiger partial charge in [-0.15, -0.1) is 4.99 Å². The molecule has 2 rings (SSSR count). The second kappa shape index (κ2) is 6.31. The van der Waals surface area contributed by atoms with Gasteiger partial charge in [0, 0.05) is 11.6 Å². The maximum absolute atomic E-state index is 12.7. The summed E-state index contributed by atoms with van der Waals surface area (Å²) in [5.74, 6) is -0.955. The van der Waals surface area contributed by atoms with Crippen molar-refractivity contribution in [3.63, 3.8) is 0 Å². The Labute approximate surface area is 134 Å². The number of carbonyl (C=O) groups is 3. The van der Waals surface area contributed by atoms with Crippen molar-refractivity contribution in [2.24, 2.45) is 10.9 Å². The van der Waals surface area contributed by atoms with E-state index in [0.29, 0.717) is 17.2 Å². The lowest BCUT2D eigenvalue weighted by atomic mass is 9.96. The second-order valence-corrected chi connectivity index (χ2v) is 5.79. The third kappa shape index (κ3) is 3.01. The van der Waals surface area contributed by atoms with Gasteiger partial charge in [0.1, 0.15) is 12.0 Å². The molecule has 0 aromatic carbocycles. The van der Waals surface area contributed by atoms with Crippen LogP contribution in [0.25, 0.3) is 0 Å². The minimum Gasteiger partial charge on any atom is -0.499 e. The molecule has 1 atom stereocenters. The number of nitrogens with zero attached hydrogens (tertiary/aromatic N) is 3. The number of hydrogen-bond acceptors (Lipinski definition) is 5. The lowest BCUT2D eigenvalue weighted by Crippen LogP contribution is -2.57. The van der Waals surface area contributed by atoms with E-state index in [1.807, 2.05) is 0 Å². The molecular weight excluding hydrogens is 300 g/mol. The lowest BCUT2D eigenvalue weighted by Gasteiger charge is -2.28. The Hall–Kier alpha value is -2.51. The van der Waals surface area contributed by atoms with Gasteiger partial charge >= 0.3 is 11.9 Å². The van der Waals surface area contributed by atoms with Crippen LogP contribution < -0.4 is 5.32 Å². The van der Waals surface area contributed by atoms with Crippen molar-refractivity contribution in [2.45, 2.75) is 26.8 Å². The Morgan fingerprint density at radius 1 is 1.48 bits per heavy atom. The van der Waals surface area contributed by atoms with Gasteiger partial charge < -0.3 is 10.1 Å². The zero-order valence-corrected chi connectivity index (χ0v) is 13.9. The number of fused-ring (bicyclic) bond motifs is 1. The molecule has 124 valence electrons. The Kier molecular flexibility index (Phi) is 4.63. The van der Waals surface area contributed by atoms with Gasteiger partial charge in [-0.05, 0) is 20.8 Å². The monoisotopic (exact) mass is 321 g/mol. The number of amidine groups is 1. The van der Waals surface area contributed by atoms with Crippen LogP contribution in [0, 0.1) is 5.92 Å². The highest BCUT2D eigenvalue weighted by atomic mass is 16.5. The fraction of sp³-hybridized carbons (Fsp3) is 0.533. The van der Waals surface area contributed by atoms with Gasteiger partial charge in [0.25, 0.3) is 11.7 Å². The SMILES string of the molecule is COC1=C(C)C=NC2=[N+](C)C(=O)N(CC(=O)NC(C)C)C(=O)C12. The minimum absolute atomic E-state index is 0.0756. The highest BCUT2D eigenvalue weighted by Gasteiger charge is 2.50. The second-order valence-electron chi connectivity index (χ2n) is 5.79. The van der Waals surface area contributed by atoms with Crippen molar-refractivity contribution in [3.05, 3.63) is 11.3 Å². The standard InChI is InChI=1S/C15H20N4O4/c1-8(2)17-10(20)7-19-14(21)11-12(23-5)9(3)6-16-13(11)18(4)15(19)22/h6,8,11H,7H2,1-5H3/p+1. The summed E-state index contributed by atoms with van der Waals surface area (Å²) in [6.07, 6.45) is 1.56. The van der Waals surface area contributed by atoms with Crippen LogP contribution in [0.15, 0.2) is 16.3 Å². The zero-order chi connectivity index (χ0) is 17.3. The highest BCUT2D eigenvalue weighted by Crippen LogP contribution is 2.27. The number of carbonyl (C=O) groups excluding carboxylic acids is 3. The van der Waals surface area contributed by atoms with Crippen molar-refractivity contribution in [3.8, 4) is 0 Å². The van der Waals surface area contributed by atoms with E-state index in [9.17, 15) is 14.4 Å². The number of hydrogen-bond donors (Lipinski definition) is 1. The topological polar surface area (TPSA) is 91.1 Å². The molecule has 2 aliphatic heterocycles. The first kappa shape index (κ1) is 16.9. The smallest absolute Gasteiger partial charge is 0.446 e. The molecule has 0 fully saturated rings. The molecule has 0 saturated heterocycles. The van der Waals surface area contributed by atoms with E-state index in [-0.39, 0.29) is 12.6 Å². The number of dihydropyridines is 1. The van der Waals surface area contributed by atoms with Crippen molar-refractivity contribution < 1.29 is 23.7 Å². The molecule has 0 aromatic heterocycles. The average Bonchev–Trinajstić information content (AvgIpc) is 2.48. The Balaban J connectivity index is 2.38. The molecule has 0 spiro atoms. The van der Waals surface area contributed by atoms with Crippen LogP contribution in [0.1, 0.15) is 20.8 Å². The molecule has 0 aliphatic carbocycles. The third-order valence-corrected chi connectivity index (χ3v) is 3.65. The van der Waals surface area contributed by atoms with Crippen molar-refractivity contribution >= 4 is 29.9 Å². The van der Waals surface area contributed by atoms with Gasteiger partial charge in [-0.1, -0.05) is 0 Å². The van der Waals surface area contributed by atoms with Gasteiger partial charge in [-0.2, -0.15) is 9.48 Å². The van der Waals surface area contributed by atoms with Crippen LogP contribution in [-0.2, 0) is 14.3 Å². The molecule has 0 radical (unpaired) electrons. The van der Waals surface area contributed by atoms with Gasteiger partial charge in [0.05, 0.1) is 14.2 Å². The maximum atomic E-state index is 12.7. The van der Waals surface area contributed by atoms with Crippen LogP contribution in [0.4, 0.5) is 4.79 Å². The van der Waals surface area contributed by atoms with E-state index in [0.717, 1.165) is 4.90 Å². The predicted molar refractivity (Wildman–Crippen MR) is 83.3 cm³/mol. The molecule has 1 unspecified atom stereocenters. The highest BCUT2D eigenvalue weighted by molar-refractivity contribution is 6.16. The van der Waals surface area contributed by atoms with Gasteiger partial charge in [0.2, 0.25) is 0 Å². The molecule has 0 saturated carbocycles. The summed E-state index contributed by atoms with van der Waals surface area (Å²) in [5.41, 5.74) is 0.712. The summed E-state index contributed by atoms with van der Waals surface area (Å²) in [6.45, 7) is 5.06. The van der Waals surface area contributed by atoms with Crippen LogP contribution >= 0.6 is 0 Å². The Morgan fingerprint density at radius 3 is 2.70 bits per heavy atom. The summed E-state index contributed by atoms with van der Waals surface area (Å²) in [4.78, 5) is 42.2. The normalized spacial score (nSPS) is 21.1. The van der Waals surface area contributed by atoms with Crippen LogP contribution in [0.2, 0.25) is 0 Å². The molecule has 23 heavy (non-hydrogen) atoms. The Morgan fingerprint density at radius 2 is 2.13 bits per heavy atom. The summed E-state index contributed by atoms with van der Waals surface area (Å²) in [7, 11) is 2.99. The molecule has 8 heteroatoms. The molecule has 0 aromatic rings. The maximum Gasteiger partial charge on any atom is 0.446 e. The number of imide groups is 1. The number of urea groups is 1. The van der Waals surface area contributed by atoms with Gasteiger partial charge in [-0.25, -0.2) is 4.79 Å². The van der Waals surface area contributed by atoms with E-state index in [1.54, 1.807) is 27.0 Å². The van der Waals surface area contributed by atoms with E-state index in [4.69, 9.17) is 4.74 Å². The van der Waals surface area contributed by atoms with E-state index < -0.39 is 23.8 Å². The number of amides is 4.